The van der Waals surface area contributed by atoms with E-state index in [4.69, 9.17) is 4.42 Å². The molecule has 6 nitrogen and oxygen atoms in total. The fourth-order valence-electron chi connectivity index (χ4n) is 3.37. The number of benzene rings is 2. The van der Waals surface area contributed by atoms with Gasteiger partial charge in [0.1, 0.15) is 11.6 Å². The van der Waals surface area contributed by atoms with Gasteiger partial charge in [0, 0.05) is 38.3 Å². The summed E-state index contributed by atoms with van der Waals surface area (Å²) in [6, 6.07) is 14.7. The van der Waals surface area contributed by atoms with Gasteiger partial charge in [-0.25, -0.2) is 17.8 Å². The van der Waals surface area contributed by atoms with Gasteiger partial charge in [-0.1, -0.05) is 18.2 Å². The Morgan fingerprint density at radius 2 is 1.66 bits per heavy atom. The SMILES string of the molecule is Cc1oc(-c2ccccc2)nc1CN1CCN(S(=O)(=O)c2ccc(F)cc2)CC1. The molecule has 1 aliphatic rings. The van der Waals surface area contributed by atoms with Crippen LogP contribution in [0.4, 0.5) is 4.39 Å². The van der Waals surface area contributed by atoms with Gasteiger partial charge in [0.05, 0.1) is 10.6 Å². The van der Waals surface area contributed by atoms with Gasteiger partial charge in [-0.2, -0.15) is 4.31 Å². The van der Waals surface area contributed by atoms with Gasteiger partial charge in [-0.05, 0) is 43.3 Å². The van der Waals surface area contributed by atoms with Crippen molar-refractivity contribution in [2.24, 2.45) is 0 Å². The number of aromatic nitrogens is 1. The molecule has 0 radical (unpaired) electrons. The van der Waals surface area contributed by atoms with Crippen molar-refractivity contribution in [3.63, 3.8) is 0 Å². The van der Waals surface area contributed by atoms with Crippen LogP contribution in [0.1, 0.15) is 11.5 Å². The van der Waals surface area contributed by atoms with E-state index in [1.807, 2.05) is 37.3 Å². The molecule has 3 aromatic rings. The van der Waals surface area contributed by atoms with Crippen molar-refractivity contribution >= 4 is 10.0 Å². The summed E-state index contributed by atoms with van der Waals surface area (Å²) in [5.74, 6) is 0.910. The van der Waals surface area contributed by atoms with Crippen LogP contribution in [0.5, 0.6) is 0 Å². The highest BCUT2D eigenvalue weighted by Crippen LogP contribution is 2.23. The molecule has 0 atom stereocenters. The maximum atomic E-state index is 13.1. The molecule has 8 heteroatoms. The molecule has 1 aromatic heterocycles. The smallest absolute Gasteiger partial charge is 0.243 e. The van der Waals surface area contributed by atoms with E-state index in [9.17, 15) is 12.8 Å². The van der Waals surface area contributed by atoms with Gasteiger partial charge in [-0.15, -0.1) is 0 Å². The Morgan fingerprint density at radius 1 is 1.00 bits per heavy atom. The first-order valence-corrected chi connectivity index (χ1v) is 10.9. The molecule has 4 rings (SSSR count). The number of hydrogen-bond acceptors (Lipinski definition) is 5. The van der Waals surface area contributed by atoms with Gasteiger partial charge in [0.15, 0.2) is 0 Å². The van der Waals surface area contributed by atoms with Crippen LogP contribution in [0, 0.1) is 12.7 Å². The normalized spacial score (nSPS) is 16.2. The number of rotatable bonds is 5. The molecule has 0 spiro atoms. The van der Waals surface area contributed by atoms with Crippen molar-refractivity contribution in [3.8, 4) is 11.5 Å². The Labute approximate surface area is 169 Å². The molecule has 29 heavy (non-hydrogen) atoms. The molecule has 0 N–H and O–H groups in total. The van der Waals surface area contributed by atoms with Crippen LogP contribution in [-0.2, 0) is 16.6 Å². The molecule has 0 amide bonds. The molecule has 1 fully saturated rings. The number of aryl methyl sites for hydroxylation is 1. The van der Waals surface area contributed by atoms with Crippen molar-refractivity contribution in [1.82, 2.24) is 14.2 Å². The quantitative estimate of drug-likeness (QED) is 0.640. The Hall–Kier alpha value is -2.55. The molecular formula is C21H22FN3O3S. The summed E-state index contributed by atoms with van der Waals surface area (Å²) in [4.78, 5) is 6.90. The first kappa shape index (κ1) is 19.8. The van der Waals surface area contributed by atoms with E-state index in [2.05, 4.69) is 9.88 Å². The zero-order valence-electron chi connectivity index (χ0n) is 16.1. The van der Waals surface area contributed by atoms with E-state index in [0.717, 1.165) is 17.0 Å². The van der Waals surface area contributed by atoms with E-state index in [1.54, 1.807) is 0 Å². The average Bonchev–Trinajstić information content (AvgIpc) is 3.10. The van der Waals surface area contributed by atoms with Gasteiger partial charge in [-0.3, -0.25) is 4.90 Å². The average molecular weight is 415 g/mol. The molecular weight excluding hydrogens is 393 g/mol. The second kappa shape index (κ2) is 8.06. The van der Waals surface area contributed by atoms with Crippen molar-refractivity contribution in [3.05, 3.63) is 71.9 Å². The Bertz CT molecular complexity index is 1070. The summed E-state index contributed by atoms with van der Waals surface area (Å²) in [6.45, 7) is 4.43. The molecule has 2 heterocycles. The van der Waals surface area contributed by atoms with Gasteiger partial charge < -0.3 is 4.42 Å². The molecule has 0 unspecified atom stereocenters. The lowest BCUT2D eigenvalue weighted by molar-refractivity contribution is 0.179. The van der Waals surface area contributed by atoms with Crippen LogP contribution < -0.4 is 0 Å². The molecule has 2 aromatic carbocycles. The Balaban J connectivity index is 1.40. The molecule has 0 aliphatic carbocycles. The zero-order chi connectivity index (χ0) is 20.4. The first-order chi connectivity index (χ1) is 13.9. The van der Waals surface area contributed by atoms with Crippen LogP contribution in [0.2, 0.25) is 0 Å². The van der Waals surface area contributed by atoms with Gasteiger partial charge in [0.25, 0.3) is 0 Å². The maximum Gasteiger partial charge on any atom is 0.243 e. The van der Waals surface area contributed by atoms with E-state index in [0.29, 0.717) is 38.6 Å². The highest BCUT2D eigenvalue weighted by Gasteiger charge is 2.29. The van der Waals surface area contributed by atoms with Crippen LogP contribution in [0.25, 0.3) is 11.5 Å². The van der Waals surface area contributed by atoms with E-state index in [-0.39, 0.29) is 4.90 Å². The predicted molar refractivity (Wildman–Crippen MR) is 107 cm³/mol. The number of oxazole rings is 1. The number of sulfonamides is 1. The third kappa shape index (κ3) is 4.24. The second-order valence-corrected chi connectivity index (χ2v) is 8.96. The lowest BCUT2D eigenvalue weighted by Gasteiger charge is -2.33. The minimum Gasteiger partial charge on any atom is -0.441 e. The monoisotopic (exact) mass is 415 g/mol. The van der Waals surface area contributed by atoms with E-state index < -0.39 is 15.8 Å². The Morgan fingerprint density at radius 3 is 2.31 bits per heavy atom. The lowest BCUT2D eigenvalue weighted by Crippen LogP contribution is -2.48. The first-order valence-electron chi connectivity index (χ1n) is 9.43. The highest BCUT2D eigenvalue weighted by atomic mass is 32.2. The van der Waals surface area contributed by atoms with Crippen LogP contribution in [0.3, 0.4) is 0 Å². The Kier molecular flexibility index (Phi) is 5.49. The molecule has 1 aliphatic heterocycles. The summed E-state index contributed by atoms with van der Waals surface area (Å²) < 4.78 is 45.8. The predicted octanol–water partition coefficient (Wildman–Crippen LogP) is 3.30. The van der Waals surface area contributed by atoms with Crippen molar-refractivity contribution < 1.29 is 17.2 Å². The summed E-state index contributed by atoms with van der Waals surface area (Å²) in [5, 5.41) is 0. The number of piperazine rings is 1. The zero-order valence-corrected chi connectivity index (χ0v) is 16.9. The minimum absolute atomic E-state index is 0.118. The van der Waals surface area contributed by atoms with Gasteiger partial charge in [0.2, 0.25) is 15.9 Å². The highest BCUT2D eigenvalue weighted by molar-refractivity contribution is 7.89. The molecule has 0 saturated carbocycles. The summed E-state index contributed by atoms with van der Waals surface area (Å²) in [6.07, 6.45) is 0. The van der Waals surface area contributed by atoms with Crippen molar-refractivity contribution in [2.75, 3.05) is 26.2 Å². The maximum absolute atomic E-state index is 13.1. The topological polar surface area (TPSA) is 66.7 Å². The van der Waals surface area contributed by atoms with Crippen molar-refractivity contribution in [1.29, 1.82) is 0 Å². The summed E-state index contributed by atoms with van der Waals surface area (Å²) in [5.41, 5.74) is 1.79. The molecule has 0 bridgehead atoms. The van der Waals surface area contributed by atoms with Crippen LogP contribution in [0.15, 0.2) is 63.9 Å². The number of halogens is 1. The largest absolute Gasteiger partial charge is 0.441 e. The summed E-state index contributed by atoms with van der Waals surface area (Å²) in [7, 11) is -3.61. The molecule has 152 valence electrons. The fraction of sp³-hybridized carbons (Fsp3) is 0.286. The molecule has 1 saturated heterocycles. The lowest BCUT2D eigenvalue weighted by atomic mass is 10.2. The standard InChI is InChI=1S/C21H22FN3O3S/c1-16-20(23-21(28-16)17-5-3-2-4-6-17)15-24-11-13-25(14-12-24)29(26,27)19-9-7-18(22)8-10-19/h2-10H,11-15H2,1H3. The van der Waals surface area contributed by atoms with E-state index >= 15 is 0 Å². The number of nitrogens with zero attached hydrogens (tertiary/aromatic N) is 3. The van der Waals surface area contributed by atoms with E-state index in [1.165, 1.54) is 28.6 Å². The third-order valence-corrected chi connectivity index (χ3v) is 6.98. The fourth-order valence-corrected chi connectivity index (χ4v) is 4.80. The van der Waals surface area contributed by atoms with Crippen molar-refractivity contribution in [2.45, 2.75) is 18.4 Å². The second-order valence-electron chi connectivity index (χ2n) is 7.02. The minimum atomic E-state index is -3.61. The third-order valence-electron chi connectivity index (χ3n) is 5.07. The van der Waals surface area contributed by atoms with Crippen LogP contribution in [-0.4, -0.2) is 48.8 Å². The number of hydrogen-bond donors (Lipinski definition) is 0. The summed E-state index contributed by atoms with van der Waals surface area (Å²) >= 11 is 0. The van der Waals surface area contributed by atoms with Crippen LogP contribution >= 0.6 is 0 Å². The van der Waals surface area contributed by atoms with Gasteiger partial charge >= 0.3 is 0 Å².